The first-order chi connectivity index (χ1) is 18.6. The molecule has 1 aliphatic heterocycles. The summed E-state index contributed by atoms with van der Waals surface area (Å²) < 4.78 is 6.09. The third kappa shape index (κ3) is 6.12. The molecule has 1 unspecified atom stereocenters. The maximum absolute atomic E-state index is 14.7. The summed E-state index contributed by atoms with van der Waals surface area (Å²) in [7, 11) is 0. The number of thiazole rings is 1. The molecule has 8 heteroatoms. The van der Waals surface area contributed by atoms with Gasteiger partial charge in [0.2, 0.25) is 0 Å². The van der Waals surface area contributed by atoms with Gasteiger partial charge >= 0.3 is 5.97 Å². The lowest BCUT2D eigenvalue weighted by Gasteiger charge is -2.41. The van der Waals surface area contributed by atoms with Crippen LogP contribution in [0.2, 0.25) is 0 Å². The first kappa shape index (κ1) is 29.8. The van der Waals surface area contributed by atoms with Crippen LogP contribution in [0.25, 0.3) is 0 Å². The summed E-state index contributed by atoms with van der Waals surface area (Å²) in [5.74, 6) is -0.776. The lowest BCUT2D eigenvalue weighted by molar-refractivity contribution is -0.168. The summed E-state index contributed by atoms with van der Waals surface area (Å²) in [6.07, 6.45) is 2.56. The van der Waals surface area contributed by atoms with Gasteiger partial charge in [-0.2, -0.15) is 10.2 Å². The highest BCUT2D eigenvalue weighted by Crippen LogP contribution is 2.55. The molecule has 1 amide bonds. The van der Waals surface area contributed by atoms with Crippen LogP contribution in [0.3, 0.4) is 0 Å². The molecular weight excluding hydrogens is 520 g/mol. The minimum atomic E-state index is -1.21. The molecule has 0 N–H and O–H groups in total. The predicted octanol–water partition coefficient (Wildman–Crippen LogP) is 7.04. The van der Waals surface area contributed by atoms with Crippen molar-refractivity contribution in [3.63, 3.8) is 0 Å². The lowest BCUT2D eigenvalue weighted by Crippen LogP contribution is -2.56. The third-order valence-corrected chi connectivity index (χ3v) is 8.17. The number of rotatable bonds is 6. The molecule has 3 heterocycles. The van der Waals surface area contributed by atoms with E-state index in [2.05, 4.69) is 49.8 Å². The fourth-order valence-corrected chi connectivity index (χ4v) is 6.42. The molecule has 4 rings (SSSR count). The first-order valence-corrected chi connectivity index (χ1v) is 14.9. The van der Waals surface area contributed by atoms with Gasteiger partial charge in [0.25, 0.3) is 5.91 Å². The summed E-state index contributed by atoms with van der Waals surface area (Å²) in [5.41, 5.74) is 1.22. The van der Waals surface area contributed by atoms with E-state index >= 15 is 0 Å². The Kier molecular flexibility index (Phi) is 8.23. The van der Waals surface area contributed by atoms with Gasteiger partial charge in [0.15, 0.2) is 0 Å². The van der Waals surface area contributed by atoms with Crippen molar-refractivity contribution >= 4 is 23.2 Å². The van der Waals surface area contributed by atoms with Crippen LogP contribution in [-0.2, 0) is 14.9 Å². The van der Waals surface area contributed by atoms with Gasteiger partial charge in [-0.1, -0.05) is 46.8 Å². The third-order valence-electron chi connectivity index (χ3n) is 7.32. The van der Waals surface area contributed by atoms with Crippen LogP contribution >= 0.6 is 11.3 Å². The van der Waals surface area contributed by atoms with Crippen LogP contribution < -0.4 is 0 Å². The van der Waals surface area contributed by atoms with Crippen molar-refractivity contribution < 1.29 is 14.3 Å². The average molecular weight is 563 g/mol. The second kappa shape index (κ2) is 11.0. The number of carbonyl (C=O) groups is 2. The fourth-order valence-electron chi connectivity index (χ4n) is 5.62. The zero-order chi connectivity index (χ0) is 29.5. The van der Waals surface area contributed by atoms with Crippen molar-refractivity contribution in [1.82, 2.24) is 20.1 Å². The van der Waals surface area contributed by atoms with Crippen LogP contribution in [0.15, 0.2) is 48.0 Å². The Morgan fingerprint density at radius 1 is 1.05 bits per heavy atom. The summed E-state index contributed by atoms with van der Waals surface area (Å²) >= 11 is 1.48. The predicted molar refractivity (Wildman–Crippen MR) is 158 cm³/mol. The molecule has 40 heavy (non-hydrogen) atoms. The number of carbonyl (C=O) groups excluding carboxylic acids is 2. The van der Waals surface area contributed by atoms with E-state index in [0.29, 0.717) is 18.4 Å². The average Bonchev–Trinajstić information content (AvgIpc) is 3.49. The van der Waals surface area contributed by atoms with Crippen LogP contribution in [0.1, 0.15) is 113 Å². The van der Waals surface area contributed by atoms with E-state index in [0.717, 1.165) is 22.0 Å². The van der Waals surface area contributed by atoms with Gasteiger partial charge in [-0.25, -0.2) is 9.78 Å². The van der Waals surface area contributed by atoms with Crippen molar-refractivity contribution in [2.75, 3.05) is 0 Å². The molecular formula is C32H42N4O3S. The molecule has 1 fully saturated rings. The van der Waals surface area contributed by atoms with E-state index in [4.69, 9.17) is 4.74 Å². The highest BCUT2D eigenvalue weighted by atomic mass is 32.1. The number of ether oxygens (including phenoxy) is 1. The van der Waals surface area contributed by atoms with Crippen molar-refractivity contribution in [3.05, 3.63) is 75.5 Å². The molecule has 214 valence electrons. The van der Waals surface area contributed by atoms with Gasteiger partial charge in [0.1, 0.15) is 16.1 Å². The lowest BCUT2D eigenvalue weighted by atomic mass is 9.82. The maximum atomic E-state index is 14.7. The molecule has 1 saturated heterocycles. The van der Waals surface area contributed by atoms with Crippen molar-refractivity contribution in [2.24, 2.45) is 5.92 Å². The number of hydrogen-bond acceptors (Lipinski definition) is 7. The van der Waals surface area contributed by atoms with Crippen molar-refractivity contribution in [2.45, 2.75) is 104 Å². The number of hydrogen-bond donors (Lipinski definition) is 0. The first-order valence-electron chi connectivity index (χ1n) is 14.0. The molecule has 0 bridgehead atoms. The van der Waals surface area contributed by atoms with Crippen LogP contribution in [0, 0.1) is 12.8 Å². The maximum Gasteiger partial charge on any atom is 0.332 e. The summed E-state index contributed by atoms with van der Waals surface area (Å²) in [6.45, 7) is 18.1. The quantitative estimate of drug-likeness (QED) is 0.300. The van der Waals surface area contributed by atoms with E-state index in [1.807, 2.05) is 69.5 Å². The Morgan fingerprint density at radius 3 is 2.23 bits per heavy atom. The summed E-state index contributed by atoms with van der Waals surface area (Å²) in [4.78, 5) is 35.4. The molecule has 3 atom stereocenters. The van der Waals surface area contributed by atoms with Crippen LogP contribution in [0.5, 0.6) is 0 Å². The molecule has 3 aromatic rings. The smallest absolute Gasteiger partial charge is 0.332 e. The van der Waals surface area contributed by atoms with E-state index in [-0.39, 0.29) is 23.2 Å². The molecule has 0 saturated carbocycles. The van der Waals surface area contributed by atoms with Crippen molar-refractivity contribution in [3.8, 4) is 0 Å². The Bertz CT molecular complexity index is 1320. The van der Waals surface area contributed by atoms with Gasteiger partial charge in [0, 0.05) is 23.1 Å². The van der Waals surface area contributed by atoms with Crippen molar-refractivity contribution in [1.29, 1.82) is 0 Å². The Balaban J connectivity index is 1.94. The van der Waals surface area contributed by atoms with E-state index in [1.165, 1.54) is 11.3 Å². The van der Waals surface area contributed by atoms with Gasteiger partial charge in [0.05, 0.1) is 17.4 Å². The zero-order valence-corrected chi connectivity index (χ0v) is 26.0. The van der Waals surface area contributed by atoms with Crippen LogP contribution in [0.4, 0.5) is 0 Å². The molecule has 1 aromatic carbocycles. The molecule has 7 nitrogen and oxygen atoms in total. The number of benzene rings is 1. The zero-order valence-electron chi connectivity index (χ0n) is 25.2. The Labute approximate surface area is 242 Å². The number of amides is 1. The van der Waals surface area contributed by atoms with E-state index in [9.17, 15) is 9.59 Å². The van der Waals surface area contributed by atoms with E-state index in [1.54, 1.807) is 11.1 Å². The van der Waals surface area contributed by atoms with Gasteiger partial charge in [-0.05, 0) is 81.7 Å². The molecule has 0 radical (unpaired) electrons. The normalized spacial score (nSPS) is 21.6. The summed E-state index contributed by atoms with van der Waals surface area (Å²) in [5, 5.41) is 11.5. The number of nitrogens with zero attached hydrogens (tertiary/aromatic N) is 4. The topological polar surface area (TPSA) is 85.3 Å². The molecule has 0 aliphatic carbocycles. The van der Waals surface area contributed by atoms with Gasteiger partial charge in [-0.3, -0.25) is 4.79 Å². The number of aryl methyl sites for hydroxylation is 1. The number of likely N-dealkylation sites (tertiary alicyclic amines) is 1. The van der Waals surface area contributed by atoms with Gasteiger partial charge < -0.3 is 9.64 Å². The molecule has 0 spiro atoms. The number of esters is 1. The van der Waals surface area contributed by atoms with Crippen LogP contribution in [-0.4, -0.2) is 43.1 Å². The van der Waals surface area contributed by atoms with Gasteiger partial charge in [-0.15, -0.1) is 11.3 Å². The standard InChI is InChI=1S/C32H42N4O3S/c1-20(2)18-32(29(38)39-31(7,8)9)19-24(25-15-10-21(3)34-35-25)26(27-33-16-17-40-27)36(32)28(37)22-11-13-23(14-12-22)30(4,5)6/h10-17,20,24,26H,18-19H2,1-9H3/t24?,26-,32+/m1/s1. The fraction of sp³-hybridized carbons (Fsp3) is 0.531. The summed E-state index contributed by atoms with van der Waals surface area (Å²) in [6, 6.07) is 11.1. The SMILES string of the molecule is Cc1ccc(C2C[C@@](CC(C)C)(C(=O)OC(C)(C)C)N(C(=O)c3ccc(C(C)(C)C)cc3)[C@H]2c2nccs2)nn1. The highest BCUT2D eigenvalue weighted by Gasteiger charge is 2.61. The number of aromatic nitrogens is 3. The second-order valence-electron chi connectivity index (χ2n) is 13.4. The highest BCUT2D eigenvalue weighted by molar-refractivity contribution is 7.09. The monoisotopic (exact) mass is 562 g/mol. The second-order valence-corrected chi connectivity index (χ2v) is 14.3. The van der Waals surface area contributed by atoms with E-state index < -0.39 is 23.2 Å². The Hall–Kier alpha value is -3.13. The molecule has 1 aliphatic rings. The largest absolute Gasteiger partial charge is 0.458 e. The minimum absolute atomic E-state index is 0.0498. The minimum Gasteiger partial charge on any atom is -0.458 e. The molecule has 2 aromatic heterocycles. The Morgan fingerprint density at radius 2 is 1.73 bits per heavy atom.